The summed E-state index contributed by atoms with van der Waals surface area (Å²) in [5.74, 6) is 0. The van der Waals surface area contributed by atoms with Crippen LogP contribution in [0.2, 0.25) is 0 Å². The zero-order valence-corrected chi connectivity index (χ0v) is 6.85. The first-order valence-corrected chi connectivity index (χ1v) is 4.76. The lowest BCUT2D eigenvalue weighted by Crippen LogP contribution is -2.40. The van der Waals surface area contributed by atoms with Gasteiger partial charge in [0, 0.05) is 12.1 Å². The van der Waals surface area contributed by atoms with Crippen molar-refractivity contribution in [1.82, 2.24) is 5.32 Å². The van der Waals surface area contributed by atoms with Gasteiger partial charge >= 0.3 is 0 Å². The lowest BCUT2D eigenvalue weighted by molar-refractivity contribution is 0.188. The molecule has 0 aromatic carbocycles. The Morgan fingerprint density at radius 1 is 1.00 bits per heavy atom. The Balaban J connectivity index is 1.78. The van der Waals surface area contributed by atoms with Crippen molar-refractivity contribution in [2.45, 2.75) is 56.8 Å². The Morgan fingerprint density at radius 2 is 1.73 bits per heavy atom. The molecule has 2 saturated carbocycles. The van der Waals surface area contributed by atoms with Crippen molar-refractivity contribution in [2.24, 2.45) is 0 Å². The fraction of sp³-hybridized carbons (Fsp3) is 1.00. The minimum atomic E-state index is -0.565. The number of alkyl halides is 1. The van der Waals surface area contributed by atoms with Gasteiger partial charge in [-0.25, -0.2) is 4.39 Å². The van der Waals surface area contributed by atoms with Crippen LogP contribution in [0.25, 0.3) is 0 Å². The summed E-state index contributed by atoms with van der Waals surface area (Å²) in [4.78, 5) is 0. The van der Waals surface area contributed by atoms with Crippen LogP contribution in [0.3, 0.4) is 0 Å². The van der Waals surface area contributed by atoms with Crippen LogP contribution in [0.4, 0.5) is 4.39 Å². The lowest BCUT2D eigenvalue weighted by Gasteiger charge is -2.26. The number of nitrogens with one attached hydrogen (secondary N) is 1. The van der Waals surface area contributed by atoms with E-state index in [9.17, 15) is 4.39 Å². The SMILES string of the molecule is F[C@H]1CCCC[C@H]1NC1CC1. The van der Waals surface area contributed by atoms with E-state index >= 15 is 0 Å². The highest BCUT2D eigenvalue weighted by atomic mass is 19.1. The standard InChI is InChI=1S/C9H16FN/c10-8-3-1-2-4-9(8)11-7-5-6-7/h7-9,11H,1-6H2/t8-,9+/m0/s1. The minimum Gasteiger partial charge on any atom is -0.308 e. The van der Waals surface area contributed by atoms with Crippen LogP contribution in [0, 0.1) is 0 Å². The van der Waals surface area contributed by atoms with E-state index in [1.807, 2.05) is 0 Å². The molecule has 2 aliphatic carbocycles. The third-order valence-electron chi connectivity index (χ3n) is 2.71. The first kappa shape index (κ1) is 7.53. The van der Waals surface area contributed by atoms with Gasteiger partial charge < -0.3 is 5.32 Å². The Hall–Kier alpha value is -0.110. The summed E-state index contributed by atoms with van der Waals surface area (Å²) >= 11 is 0. The molecule has 0 aromatic rings. The van der Waals surface area contributed by atoms with Crippen molar-refractivity contribution in [3.8, 4) is 0 Å². The summed E-state index contributed by atoms with van der Waals surface area (Å²) in [5, 5.41) is 3.37. The second kappa shape index (κ2) is 3.10. The van der Waals surface area contributed by atoms with Gasteiger partial charge in [0.15, 0.2) is 0 Å². The van der Waals surface area contributed by atoms with E-state index in [0.29, 0.717) is 6.04 Å². The van der Waals surface area contributed by atoms with Gasteiger partial charge in [-0.2, -0.15) is 0 Å². The van der Waals surface area contributed by atoms with Crippen LogP contribution in [-0.2, 0) is 0 Å². The maximum absolute atomic E-state index is 13.2. The number of rotatable bonds is 2. The molecular weight excluding hydrogens is 141 g/mol. The highest BCUT2D eigenvalue weighted by molar-refractivity contribution is 4.89. The Kier molecular flexibility index (Phi) is 2.12. The molecule has 0 saturated heterocycles. The maximum Gasteiger partial charge on any atom is 0.115 e. The van der Waals surface area contributed by atoms with Gasteiger partial charge in [-0.15, -0.1) is 0 Å². The average Bonchev–Trinajstić information content (AvgIpc) is 2.78. The van der Waals surface area contributed by atoms with Gasteiger partial charge in [0.25, 0.3) is 0 Å². The van der Waals surface area contributed by atoms with Gasteiger partial charge in [0.1, 0.15) is 6.17 Å². The fourth-order valence-electron chi connectivity index (χ4n) is 1.83. The van der Waals surface area contributed by atoms with E-state index in [4.69, 9.17) is 0 Å². The van der Waals surface area contributed by atoms with Gasteiger partial charge in [0.05, 0.1) is 0 Å². The smallest absolute Gasteiger partial charge is 0.115 e. The van der Waals surface area contributed by atoms with Crippen LogP contribution in [0.1, 0.15) is 38.5 Å². The molecule has 2 rings (SSSR count). The molecular formula is C9H16FN. The molecule has 0 aromatic heterocycles. The largest absolute Gasteiger partial charge is 0.308 e. The highest BCUT2D eigenvalue weighted by Crippen LogP contribution is 2.26. The zero-order valence-electron chi connectivity index (χ0n) is 6.85. The highest BCUT2D eigenvalue weighted by Gasteiger charge is 2.30. The Morgan fingerprint density at radius 3 is 2.36 bits per heavy atom. The molecule has 0 unspecified atom stereocenters. The molecule has 2 aliphatic rings. The zero-order chi connectivity index (χ0) is 7.68. The van der Waals surface area contributed by atoms with Crippen LogP contribution in [0.5, 0.6) is 0 Å². The van der Waals surface area contributed by atoms with Gasteiger partial charge in [-0.05, 0) is 25.7 Å². The third-order valence-corrected chi connectivity index (χ3v) is 2.71. The van der Waals surface area contributed by atoms with Crippen molar-refractivity contribution in [2.75, 3.05) is 0 Å². The van der Waals surface area contributed by atoms with E-state index in [-0.39, 0.29) is 6.04 Å². The summed E-state index contributed by atoms with van der Waals surface area (Å²) < 4.78 is 13.2. The maximum atomic E-state index is 13.2. The van der Waals surface area contributed by atoms with Crippen molar-refractivity contribution in [1.29, 1.82) is 0 Å². The molecule has 0 spiro atoms. The summed E-state index contributed by atoms with van der Waals surface area (Å²) in [5.41, 5.74) is 0. The lowest BCUT2D eigenvalue weighted by atomic mass is 9.93. The summed E-state index contributed by atoms with van der Waals surface area (Å²) in [6.45, 7) is 0. The summed E-state index contributed by atoms with van der Waals surface area (Å²) in [6, 6.07) is 0.854. The Labute approximate surface area is 67.4 Å². The minimum absolute atomic E-state index is 0.191. The molecule has 0 heterocycles. The van der Waals surface area contributed by atoms with Crippen LogP contribution >= 0.6 is 0 Å². The number of hydrogen-bond donors (Lipinski definition) is 1. The third kappa shape index (κ3) is 1.92. The van der Waals surface area contributed by atoms with Crippen molar-refractivity contribution >= 4 is 0 Å². The predicted octanol–water partition coefficient (Wildman–Crippen LogP) is 2.02. The molecule has 2 atom stereocenters. The molecule has 0 aliphatic heterocycles. The molecule has 0 bridgehead atoms. The van der Waals surface area contributed by atoms with Crippen LogP contribution < -0.4 is 5.32 Å². The van der Waals surface area contributed by atoms with Gasteiger partial charge in [-0.1, -0.05) is 12.8 Å². The van der Waals surface area contributed by atoms with Crippen molar-refractivity contribution < 1.29 is 4.39 Å². The number of hydrogen-bond acceptors (Lipinski definition) is 1. The Bertz CT molecular complexity index is 134. The van der Waals surface area contributed by atoms with E-state index in [1.54, 1.807) is 0 Å². The first-order valence-electron chi connectivity index (χ1n) is 4.76. The first-order chi connectivity index (χ1) is 5.36. The summed E-state index contributed by atoms with van der Waals surface area (Å²) in [6.07, 6.45) is 6.10. The topological polar surface area (TPSA) is 12.0 Å². The molecule has 0 radical (unpaired) electrons. The quantitative estimate of drug-likeness (QED) is 0.646. The van der Waals surface area contributed by atoms with Crippen LogP contribution in [0.15, 0.2) is 0 Å². The van der Waals surface area contributed by atoms with Crippen LogP contribution in [-0.4, -0.2) is 18.3 Å². The molecule has 64 valence electrons. The molecule has 0 amide bonds. The predicted molar refractivity (Wildman–Crippen MR) is 43.3 cm³/mol. The second-order valence-corrected chi connectivity index (χ2v) is 3.85. The summed E-state index contributed by atoms with van der Waals surface area (Å²) in [7, 11) is 0. The number of halogens is 1. The van der Waals surface area contributed by atoms with Gasteiger partial charge in [0.2, 0.25) is 0 Å². The normalized spacial score (nSPS) is 39.0. The molecule has 2 fully saturated rings. The van der Waals surface area contributed by atoms with E-state index in [1.165, 1.54) is 19.3 Å². The van der Waals surface area contributed by atoms with Crippen molar-refractivity contribution in [3.63, 3.8) is 0 Å². The van der Waals surface area contributed by atoms with E-state index in [2.05, 4.69) is 5.32 Å². The monoisotopic (exact) mass is 157 g/mol. The molecule has 1 nitrogen and oxygen atoms in total. The fourth-order valence-corrected chi connectivity index (χ4v) is 1.83. The van der Waals surface area contributed by atoms with Gasteiger partial charge in [-0.3, -0.25) is 0 Å². The molecule has 11 heavy (non-hydrogen) atoms. The van der Waals surface area contributed by atoms with E-state index in [0.717, 1.165) is 19.3 Å². The van der Waals surface area contributed by atoms with E-state index < -0.39 is 6.17 Å². The molecule has 2 heteroatoms. The molecule has 1 N–H and O–H groups in total. The van der Waals surface area contributed by atoms with Crippen molar-refractivity contribution in [3.05, 3.63) is 0 Å². The average molecular weight is 157 g/mol. The second-order valence-electron chi connectivity index (χ2n) is 3.85.